The number of unbranched alkanes of at least 4 members (excludes halogenated alkanes) is 1. The van der Waals surface area contributed by atoms with Crippen molar-refractivity contribution >= 4 is 18.0 Å². The van der Waals surface area contributed by atoms with Crippen LogP contribution in [-0.2, 0) is 9.59 Å². The molecule has 0 saturated heterocycles. The van der Waals surface area contributed by atoms with Gasteiger partial charge in [-0.05, 0) is 43.0 Å². The molecular formula is C15H20N2O5. The monoisotopic (exact) mass is 308 g/mol. The number of hydrogen-bond acceptors (Lipinski definition) is 5. The second-order valence-electron chi connectivity index (χ2n) is 4.81. The summed E-state index contributed by atoms with van der Waals surface area (Å²) in [7, 11) is 0. The van der Waals surface area contributed by atoms with Crippen LogP contribution < -0.4 is 11.1 Å². The van der Waals surface area contributed by atoms with Crippen molar-refractivity contribution in [2.75, 3.05) is 6.54 Å². The van der Waals surface area contributed by atoms with E-state index >= 15 is 0 Å². The Labute approximate surface area is 128 Å². The molecule has 22 heavy (non-hydrogen) atoms. The maximum atomic E-state index is 11.5. The molecule has 0 aliphatic heterocycles. The maximum absolute atomic E-state index is 11.5. The summed E-state index contributed by atoms with van der Waals surface area (Å²) >= 11 is 0. The van der Waals surface area contributed by atoms with Crippen molar-refractivity contribution in [1.29, 1.82) is 0 Å². The van der Waals surface area contributed by atoms with Gasteiger partial charge in [-0.2, -0.15) is 0 Å². The number of nitrogens with two attached hydrogens (primary N) is 1. The number of carbonyl (C=O) groups is 2. The Hall–Kier alpha value is -2.54. The number of phenolic OH excluding ortho intramolecular Hbond substituents is 2. The van der Waals surface area contributed by atoms with Gasteiger partial charge >= 0.3 is 5.97 Å². The van der Waals surface area contributed by atoms with Crippen molar-refractivity contribution in [3.8, 4) is 11.5 Å². The molecular weight excluding hydrogens is 288 g/mol. The number of rotatable bonds is 8. The van der Waals surface area contributed by atoms with Gasteiger partial charge in [0.1, 0.15) is 6.04 Å². The Morgan fingerprint density at radius 1 is 1.23 bits per heavy atom. The number of amides is 1. The van der Waals surface area contributed by atoms with Crippen LogP contribution in [-0.4, -0.2) is 39.8 Å². The lowest BCUT2D eigenvalue weighted by Crippen LogP contribution is -2.30. The van der Waals surface area contributed by atoms with E-state index in [9.17, 15) is 14.7 Å². The van der Waals surface area contributed by atoms with Gasteiger partial charge in [-0.3, -0.25) is 9.59 Å². The molecule has 0 spiro atoms. The number of benzene rings is 1. The fourth-order valence-electron chi connectivity index (χ4n) is 1.70. The molecule has 1 aromatic rings. The second kappa shape index (κ2) is 8.68. The highest BCUT2D eigenvalue weighted by molar-refractivity contribution is 5.91. The van der Waals surface area contributed by atoms with Crippen LogP contribution >= 0.6 is 0 Å². The third-order valence-electron chi connectivity index (χ3n) is 2.98. The highest BCUT2D eigenvalue weighted by Gasteiger charge is 2.09. The van der Waals surface area contributed by atoms with Crippen molar-refractivity contribution in [2.45, 2.75) is 25.3 Å². The predicted octanol–water partition coefficient (Wildman–Crippen LogP) is 0.809. The van der Waals surface area contributed by atoms with E-state index in [1.54, 1.807) is 6.07 Å². The van der Waals surface area contributed by atoms with E-state index in [0.29, 0.717) is 31.4 Å². The number of aliphatic carboxylic acids is 1. The first-order chi connectivity index (χ1) is 10.4. The average molecular weight is 308 g/mol. The highest BCUT2D eigenvalue weighted by Crippen LogP contribution is 2.25. The molecule has 0 unspecified atom stereocenters. The van der Waals surface area contributed by atoms with Crippen molar-refractivity contribution in [2.24, 2.45) is 5.73 Å². The van der Waals surface area contributed by atoms with Crippen LogP contribution in [0.2, 0.25) is 0 Å². The average Bonchev–Trinajstić information content (AvgIpc) is 2.47. The first-order valence-electron chi connectivity index (χ1n) is 6.86. The summed E-state index contributed by atoms with van der Waals surface area (Å²) in [6.07, 6.45) is 4.45. The van der Waals surface area contributed by atoms with Crippen LogP contribution in [0.25, 0.3) is 6.08 Å². The smallest absolute Gasteiger partial charge is 0.320 e. The lowest BCUT2D eigenvalue weighted by Gasteiger charge is -2.06. The molecule has 0 fully saturated rings. The first-order valence-corrected chi connectivity index (χ1v) is 6.86. The van der Waals surface area contributed by atoms with Crippen molar-refractivity contribution in [3.05, 3.63) is 29.8 Å². The van der Waals surface area contributed by atoms with Gasteiger partial charge in [-0.25, -0.2) is 0 Å². The van der Waals surface area contributed by atoms with Crippen LogP contribution in [0.15, 0.2) is 24.3 Å². The number of aromatic hydroxyl groups is 2. The molecule has 1 rings (SSSR count). The molecule has 0 aliphatic rings. The highest BCUT2D eigenvalue weighted by atomic mass is 16.4. The van der Waals surface area contributed by atoms with E-state index < -0.39 is 12.0 Å². The van der Waals surface area contributed by atoms with Gasteiger partial charge in [-0.15, -0.1) is 0 Å². The van der Waals surface area contributed by atoms with Crippen molar-refractivity contribution in [1.82, 2.24) is 5.32 Å². The van der Waals surface area contributed by atoms with E-state index in [2.05, 4.69) is 5.32 Å². The largest absolute Gasteiger partial charge is 0.504 e. The van der Waals surface area contributed by atoms with Crippen LogP contribution in [0.5, 0.6) is 11.5 Å². The van der Waals surface area contributed by atoms with Gasteiger partial charge in [0.15, 0.2) is 11.5 Å². The minimum atomic E-state index is -1.02. The molecule has 6 N–H and O–H groups in total. The van der Waals surface area contributed by atoms with Crippen LogP contribution in [0, 0.1) is 0 Å². The Kier molecular flexibility index (Phi) is 6.91. The summed E-state index contributed by atoms with van der Waals surface area (Å²) in [4.78, 5) is 22.0. The van der Waals surface area contributed by atoms with E-state index in [1.807, 2.05) is 0 Å². The quantitative estimate of drug-likeness (QED) is 0.274. The molecule has 0 bridgehead atoms. The SMILES string of the molecule is N[C@@H](CCCCNC(=O)/C=C/c1ccc(O)c(O)c1)C(=O)O. The van der Waals surface area contributed by atoms with E-state index in [-0.39, 0.29) is 17.4 Å². The summed E-state index contributed by atoms with van der Waals surface area (Å²) in [5, 5.41) is 29.7. The second-order valence-corrected chi connectivity index (χ2v) is 4.81. The normalized spacial score (nSPS) is 12.2. The van der Waals surface area contributed by atoms with Gasteiger partial charge in [0.2, 0.25) is 5.91 Å². The third-order valence-corrected chi connectivity index (χ3v) is 2.98. The molecule has 1 amide bonds. The first kappa shape index (κ1) is 17.5. The molecule has 0 radical (unpaired) electrons. The topological polar surface area (TPSA) is 133 Å². The zero-order chi connectivity index (χ0) is 16.5. The molecule has 1 aromatic carbocycles. The van der Waals surface area contributed by atoms with E-state index in [1.165, 1.54) is 24.3 Å². The number of carboxylic acid groups (broad SMARTS) is 1. The minimum absolute atomic E-state index is 0.221. The molecule has 120 valence electrons. The zero-order valence-electron chi connectivity index (χ0n) is 12.0. The fraction of sp³-hybridized carbons (Fsp3) is 0.333. The molecule has 0 saturated carbocycles. The Balaban J connectivity index is 2.27. The molecule has 1 atom stereocenters. The van der Waals surface area contributed by atoms with Gasteiger partial charge < -0.3 is 26.4 Å². The molecule has 0 aliphatic carbocycles. The maximum Gasteiger partial charge on any atom is 0.320 e. The summed E-state index contributed by atoms with van der Waals surface area (Å²) in [6, 6.07) is 3.37. The number of nitrogens with one attached hydrogen (secondary N) is 1. The van der Waals surface area contributed by atoms with Gasteiger partial charge in [-0.1, -0.05) is 6.07 Å². The van der Waals surface area contributed by atoms with Gasteiger partial charge in [0, 0.05) is 12.6 Å². The lowest BCUT2D eigenvalue weighted by atomic mass is 10.1. The van der Waals surface area contributed by atoms with Gasteiger partial charge in [0.05, 0.1) is 0 Å². The third kappa shape index (κ3) is 6.27. The molecule has 0 aromatic heterocycles. The standard InChI is InChI=1S/C15H20N2O5/c16-11(15(21)22)3-1-2-8-17-14(20)7-5-10-4-6-12(18)13(19)9-10/h4-7,9,11,18-19H,1-3,8,16H2,(H,17,20)(H,21,22)/b7-5+/t11-/m0/s1. The van der Waals surface area contributed by atoms with E-state index in [0.717, 1.165) is 0 Å². The summed E-state index contributed by atoms with van der Waals surface area (Å²) in [5.74, 6) is -1.79. The fourth-order valence-corrected chi connectivity index (χ4v) is 1.70. The van der Waals surface area contributed by atoms with Crippen LogP contribution in [0.1, 0.15) is 24.8 Å². The molecule has 7 heteroatoms. The zero-order valence-corrected chi connectivity index (χ0v) is 12.0. The number of carboxylic acids is 1. The Bertz CT molecular complexity index is 557. The minimum Gasteiger partial charge on any atom is -0.504 e. The Morgan fingerprint density at radius 2 is 1.95 bits per heavy atom. The number of carbonyl (C=O) groups excluding carboxylic acids is 1. The van der Waals surface area contributed by atoms with Crippen molar-refractivity contribution < 1.29 is 24.9 Å². The number of hydrogen-bond donors (Lipinski definition) is 5. The van der Waals surface area contributed by atoms with Crippen LogP contribution in [0.4, 0.5) is 0 Å². The van der Waals surface area contributed by atoms with Gasteiger partial charge in [0.25, 0.3) is 0 Å². The predicted molar refractivity (Wildman–Crippen MR) is 81.3 cm³/mol. The van der Waals surface area contributed by atoms with Crippen LogP contribution in [0.3, 0.4) is 0 Å². The summed E-state index contributed by atoms with van der Waals surface area (Å²) in [5.41, 5.74) is 5.94. The number of phenols is 2. The summed E-state index contributed by atoms with van der Waals surface area (Å²) < 4.78 is 0. The lowest BCUT2D eigenvalue weighted by molar-refractivity contribution is -0.138. The Morgan fingerprint density at radius 3 is 2.59 bits per heavy atom. The van der Waals surface area contributed by atoms with E-state index in [4.69, 9.17) is 15.9 Å². The van der Waals surface area contributed by atoms with Crippen molar-refractivity contribution in [3.63, 3.8) is 0 Å². The molecule has 0 heterocycles. The molecule has 7 nitrogen and oxygen atoms in total. The summed E-state index contributed by atoms with van der Waals surface area (Å²) in [6.45, 7) is 0.427.